The summed E-state index contributed by atoms with van der Waals surface area (Å²) in [7, 11) is 0. The van der Waals surface area contributed by atoms with Gasteiger partial charge in [0.2, 0.25) is 0 Å². The summed E-state index contributed by atoms with van der Waals surface area (Å²) in [5.74, 6) is -0.242. The molecule has 0 fully saturated rings. The predicted octanol–water partition coefficient (Wildman–Crippen LogP) is 3.55. The second kappa shape index (κ2) is 7.10. The minimum atomic E-state index is -0.474. The lowest BCUT2D eigenvalue weighted by Gasteiger charge is -2.04. The van der Waals surface area contributed by atoms with Crippen LogP contribution in [0.15, 0.2) is 53.1 Å². The molecule has 1 amide bonds. The van der Waals surface area contributed by atoms with Gasteiger partial charge in [0.1, 0.15) is 11.6 Å². The van der Waals surface area contributed by atoms with Gasteiger partial charge >= 0.3 is 0 Å². The summed E-state index contributed by atoms with van der Waals surface area (Å²) in [5.41, 5.74) is 0.637. The largest absolute Gasteiger partial charge is 0.484 e. The molecule has 3 rings (SSSR count). The Bertz CT molecular complexity index is 852. The maximum Gasteiger partial charge on any atom is 0.270 e. The van der Waals surface area contributed by atoms with Crippen molar-refractivity contribution in [2.75, 3.05) is 11.9 Å². The van der Waals surface area contributed by atoms with E-state index in [9.17, 15) is 9.18 Å². The lowest BCUT2D eigenvalue weighted by Crippen LogP contribution is -2.20. The fourth-order valence-electron chi connectivity index (χ4n) is 1.85. The number of halogens is 2. The summed E-state index contributed by atoms with van der Waals surface area (Å²) in [6.45, 7) is -0.271. The zero-order valence-corrected chi connectivity index (χ0v) is 13.0. The first-order valence-corrected chi connectivity index (χ1v) is 7.26. The second-order valence-electron chi connectivity index (χ2n) is 4.72. The van der Waals surface area contributed by atoms with Crippen molar-refractivity contribution in [2.45, 2.75) is 0 Å². The lowest BCUT2D eigenvalue weighted by atomic mass is 10.2. The van der Waals surface area contributed by atoms with Gasteiger partial charge in [0.15, 0.2) is 6.61 Å². The zero-order chi connectivity index (χ0) is 16.9. The van der Waals surface area contributed by atoms with E-state index in [4.69, 9.17) is 20.9 Å². The normalized spacial score (nSPS) is 10.4. The Labute approximate surface area is 141 Å². The lowest BCUT2D eigenvalue weighted by molar-refractivity contribution is -0.118. The summed E-state index contributed by atoms with van der Waals surface area (Å²) < 4.78 is 23.1. The number of rotatable bonds is 5. The molecular weight excluding hydrogens is 337 g/mol. The van der Waals surface area contributed by atoms with Gasteiger partial charge in [0, 0.05) is 10.6 Å². The molecule has 0 aliphatic heterocycles. The van der Waals surface area contributed by atoms with Gasteiger partial charge in [-0.25, -0.2) is 4.39 Å². The zero-order valence-electron chi connectivity index (χ0n) is 12.2. The van der Waals surface area contributed by atoms with E-state index in [2.05, 4.69) is 15.5 Å². The van der Waals surface area contributed by atoms with Crippen molar-refractivity contribution in [3.05, 3.63) is 59.4 Å². The van der Waals surface area contributed by atoms with E-state index in [1.165, 1.54) is 24.3 Å². The third-order valence-electron chi connectivity index (χ3n) is 2.93. The molecule has 0 radical (unpaired) electrons. The first-order chi connectivity index (χ1) is 11.6. The predicted molar refractivity (Wildman–Crippen MR) is 85.3 cm³/mol. The van der Waals surface area contributed by atoms with E-state index in [-0.39, 0.29) is 24.3 Å². The average molecular weight is 348 g/mol. The molecule has 0 aliphatic rings. The number of hydrogen-bond donors (Lipinski definition) is 1. The van der Waals surface area contributed by atoms with Crippen LogP contribution in [0, 0.1) is 5.82 Å². The van der Waals surface area contributed by atoms with E-state index in [1.807, 2.05) is 0 Å². The molecule has 2 aromatic carbocycles. The molecule has 122 valence electrons. The molecule has 1 aromatic heterocycles. The van der Waals surface area contributed by atoms with E-state index in [1.54, 1.807) is 24.3 Å². The summed E-state index contributed by atoms with van der Waals surface area (Å²) in [4.78, 5) is 15.9. The van der Waals surface area contributed by atoms with E-state index in [0.717, 1.165) is 0 Å². The van der Waals surface area contributed by atoms with E-state index < -0.39 is 5.91 Å². The fraction of sp³-hybridized carbons (Fsp3) is 0.0625. The standard InChI is InChI=1S/C16H11ClFN3O3/c17-11-3-1-2-10(8-11)15-20-16(21-24-15)19-14(22)9-23-13-6-4-12(18)5-7-13/h1-8H,9H2,(H,19,21,22). The van der Waals surface area contributed by atoms with Gasteiger partial charge < -0.3 is 9.26 Å². The molecule has 0 atom stereocenters. The Balaban J connectivity index is 1.58. The number of nitrogens with one attached hydrogen (secondary N) is 1. The van der Waals surface area contributed by atoms with Crippen molar-refractivity contribution >= 4 is 23.5 Å². The van der Waals surface area contributed by atoms with Crippen LogP contribution in [0.1, 0.15) is 0 Å². The third kappa shape index (κ3) is 4.08. The minimum Gasteiger partial charge on any atom is -0.484 e. The Hall–Kier alpha value is -2.93. The number of nitrogens with zero attached hydrogens (tertiary/aromatic N) is 2. The van der Waals surface area contributed by atoms with Crippen LogP contribution in [0.2, 0.25) is 5.02 Å². The Morgan fingerprint density at radius 2 is 2.04 bits per heavy atom. The van der Waals surface area contributed by atoms with Gasteiger partial charge in [-0.2, -0.15) is 4.98 Å². The molecule has 0 aliphatic carbocycles. The van der Waals surface area contributed by atoms with Crippen LogP contribution >= 0.6 is 11.6 Å². The maximum atomic E-state index is 12.8. The quantitative estimate of drug-likeness (QED) is 0.763. The highest BCUT2D eigenvalue weighted by molar-refractivity contribution is 6.30. The van der Waals surface area contributed by atoms with E-state index in [0.29, 0.717) is 16.3 Å². The van der Waals surface area contributed by atoms with Crippen molar-refractivity contribution in [1.29, 1.82) is 0 Å². The van der Waals surface area contributed by atoms with Crippen molar-refractivity contribution in [1.82, 2.24) is 10.1 Å². The summed E-state index contributed by atoms with van der Waals surface area (Å²) in [6.07, 6.45) is 0. The van der Waals surface area contributed by atoms with Crippen LogP contribution in [-0.4, -0.2) is 22.7 Å². The van der Waals surface area contributed by atoms with Gasteiger partial charge in [-0.15, -0.1) is 0 Å². The smallest absolute Gasteiger partial charge is 0.270 e. The van der Waals surface area contributed by atoms with E-state index >= 15 is 0 Å². The number of benzene rings is 2. The molecule has 3 aromatic rings. The molecule has 0 saturated heterocycles. The summed E-state index contributed by atoms with van der Waals surface area (Å²) >= 11 is 5.90. The monoisotopic (exact) mass is 347 g/mol. The number of ether oxygens (including phenoxy) is 1. The van der Waals surface area contributed by atoms with Crippen LogP contribution in [0.5, 0.6) is 5.75 Å². The molecule has 0 unspecified atom stereocenters. The van der Waals surface area contributed by atoms with Crippen molar-refractivity contribution in [3.63, 3.8) is 0 Å². The highest BCUT2D eigenvalue weighted by Crippen LogP contribution is 2.21. The molecule has 0 saturated carbocycles. The molecule has 24 heavy (non-hydrogen) atoms. The highest BCUT2D eigenvalue weighted by atomic mass is 35.5. The van der Waals surface area contributed by atoms with Gasteiger partial charge in [0.05, 0.1) is 0 Å². The number of amides is 1. The third-order valence-corrected chi connectivity index (χ3v) is 3.17. The molecule has 6 nitrogen and oxygen atoms in total. The van der Waals surface area contributed by atoms with Crippen LogP contribution in [-0.2, 0) is 4.79 Å². The summed E-state index contributed by atoms with van der Waals surface area (Å²) in [5, 5.41) is 6.64. The minimum absolute atomic E-state index is 0.0117. The van der Waals surface area contributed by atoms with Gasteiger partial charge in [-0.3, -0.25) is 10.1 Å². The van der Waals surface area contributed by atoms with Crippen molar-refractivity contribution in [3.8, 4) is 17.2 Å². The number of carbonyl (C=O) groups excluding carboxylic acids is 1. The number of anilines is 1. The molecule has 1 N–H and O–H groups in total. The SMILES string of the molecule is O=C(COc1ccc(F)cc1)Nc1noc(-c2cccc(Cl)c2)n1. The molecule has 8 heteroatoms. The number of aromatic nitrogens is 2. The van der Waals surface area contributed by atoms with Crippen LogP contribution in [0.3, 0.4) is 0 Å². The molecular formula is C16H11ClFN3O3. The van der Waals surface area contributed by atoms with Crippen LogP contribution < -0.4 is 10.1 Å². The van der Waals surface area contributed by atoms with Gasteiger partial charge in [-0.1, -0.05) is 17.7 Å². The van der Waals surface area contributed by atoms with Crippen LogP contribution in [0.25, 0.3) is 11.5 Å². The average Bonchev–Trinajstić information content (AvgIpc) is 3.03. The number of hydrogen-bond acceptors (Lipinski definition) is 5. The Morgan fingerprint density at radius 1 is 1.25 bits per heavy atom. The highest BCUT2D eigenvalue weighted by Gasteiger charge is 2.12. The van der Waals surface area contributed by atoms with Crippen LogP contribution in [0.4, 0.5) is 10.3 Å². The van der Waals surface area contributed by atoms with Crippen molar-refractivity contribution < 1.29 is 18.4 Å². The van der Waals surface area contributed by atoms with Gasteiger partial charge in [-0.05, 0) is 47.6 Å². The number of carbonyl (C=O) groups is 1. The fourth-order valence-corrected chi connectivity index (χ4v) is 2.04. The summed E-state index contributed by atoms with van der Waals surface area (Å²) in [6, 6.07) is 12.2. The topological polar surface area (TPSA) is 77.2 Å². The Kier molecular flexibility index (Phi) is 4.72. The molecule has 0 spiro atoms. The molecule has 1 heterocycles. The van der Waals surface area contributed by atoms with Gasteiger partial charge in [0.25, 0.3) is 17.7 Å². The first-order valence-electron chi connectivity index (χ1n) is 6.88. The first kappa shape index (κ1) is 15.9. The Morgan fingerprint density at radius 3 is 2.79 bits per heavy atom. The van der Waals surface area contributed by atoms with Crippen molar-refractivity contribution in [2.24, 2.45) is 0 Å². The maximum absolute atomic E-state index is 12.8. The second-order valence-corrected chi connectivity index (χ2v) is 5.16. The molecule has 0 bridgehead atoms.